The number of anilines is 1. The van der Waals surface area contributed by atoms with Crippen LogP contribution in [0.5, 0.6) is 0 Å². The van der Waals surface area contributed by atoms with Gasteiger partial charge in [0.25, 0.3) is 0 Å². The molecular weight excluding hydrogens is 381 g/mol. The van der Waals surface area contributed by atoms with Crippen LogP contribution in [-0.2, 0) is 4.79 Å². The van der Waals surface area contributed by atoms with Crippen molar-refractivity contribution < 1.29 is 4.79 Å². The second kappa shape index (κ2) is 4.84. The van der Waals surface area contributed by atoms with Gasteiger partial charge in [0.05, 0.1) is 15.7 Å². The van der Waals surface area contributed by atoms with Gasteiger partial charge >= 0.3 is 0 Å². The predicted octanol–water partition coefficient (Wildman–Crippen LogP) is 4.26. The molecule has 1 unspecified atom stereocenters. The average molecular weight is 388 g/mol. The Bertz CT molecular complexity index is 453. The molecule has 0 radical (unpaired) electrons. The van der Waals surface area contributed by atoms with Gasteiger partial charge in [0.15, 0.2) is 0 Å². The molecule has 86 valence electrons. The van der Waals surface area contributed by atoms with Crippen LogP contribution in [0.4, 0.5) is 5.69 Å². The third-order valence-corrected chi connectivity index (χ3v) is 4.76. The summed E-state index contributed by atoms with van der Waals surface area (Å²) in [5.74, 6) is 0.0576. The molecule has 1 aromatic rings. The topological polar surface area (TPSA) is 20.3 Å². The molecule has 1 heterocycles. The molecule has 0 aromatic heterocycles. The van der Waals surface area contributed by atoms with Gasteiger partial charge in [-0.1, -0.05) is 39.1 Å². The smallest absolute Gasteiger partial charge is 0.228 e. The van der Waals surface area contributed by atoms with Crippen LogP contribution < -0.4 is 4.90 Å². The van der Waals surface area contributed by atoms with Gasteiger partial charge in [-0.15, -0.1) is 0 Å². The standard InChI is InChI=1S/C10H7Br2Cl2NO/c11-5-3-8(16)15(4-5)7-2-1-6(12)9(13)10(7)14/h1-2,5H,3-4H2. The lowest BCUT2D eigenvalue weighted by Crippen LogP contribution is -2.24. The number of hydrogen-bond acceptors (Lipinski definition) is 1. The highest BCUT2D eigenvalue weighted by Crippen LogP contribution is 2.39. The Balaban J connectivity index is 2.42. The third kappa shape index (κ3) is 2.26. The molecule has 16 heavy (non-hydrogen) atoms. The highest BCUT2D eigenvalue weighted by Gasteiger charge is 2.30. The third-order valence-electron chi connectivity index (χ3n) is 2.38. The van der Waals surface area contributed by atoms with Gasteiger partial charge in [0.1, 0.15) is 0 Å². The molecular formula is C10H7Br2Cl2NO. The molecule has 1 aromatic carbocycles. The first kappa shape index (κ1) is 12.7. The highest BCUT2D eigenvalue weighted by atomic mass is 79.9. The minimum absolute atomic E-state index is 0.0576. The first-order chi connectivity index (χ1) is 7.50. The van der Waals surface area contributed by atoms with Crippen molar-refractivity contribution >= 4 is 66.7 Å². The lowest BCUT2D eigenvalue weighted by atomic mass is 10.3. The number of nitrogens with zero attached hydrogens (tertiary/aromatic N) is 1. The number of hydrogen-bond donors (Lipinski definition) is 0. The molecule has 6 heteroatoms. The summed E-state index contributed by atoms with van der Waals surface area (Å²) in [7, 11) is 0. The summed E-state index contributed by atoms with van der Waals surface area (Å²) < 4.78 is 0.727. The minimum Gasteiger partial charge on any atom is -0.310 e. The van der Waals surface area contributed by atoms with E-state index in [4.69, 9.17) is 23.2 Å². The van der Waals surface area contributed by atoms with Crippen molar-refractivity contribution in [2.45, 2.75) is 11.2 Å². The first-order valence-electron chi connectivity index (χ1n) is 4.58. The zero-order valence-corrected chi connectivity index (χ0v) is 12.7. The predicted molar refractivity (Wildman–Crippen MR) is 73.8 cm³/mol. The van der Waals surface area contributed by atoms with Crippen LogP contribution in [0.3, 0.4) is 0 Å². The van der Waals surface area contributed by atoms with Crippen LogP contribution in [0.15, 0.2) is 16.6 Å². The number of halogens is 4. The van der Waals surface area contributed by atoms with E-state index >= 15 is 0 Å². The maximum atomic E-state index is 11.7. The van der Waals surface area contributed by atoms with E-state index in [0.717, 1.165) is 4.47 Å². The second-order valence-corrected chi connectivity index (χ2v) is 6.41. The van der Waals surface area contributed by atoms with Crippen molar-refractivity contribution in [3.63, 3.8) is 0 Å². The number of carbonyl (C=O) groups excluding carboxylic acids is 1. The van der Waals surface area contributed by atoms with Crippen LogP contribution in [0.2, 0.25) is 10.0 Å². The van der Waals surface area contributed by atoms with Gasteiger partial charge in [-0.2, -0.15) is 0 Å². The van der Waals surface area contributed by atoms with Gasteiger partial charge in [-0.05, 0) is 28.1 Å². The summed E-state index contributed by atoms with van der Waals surface area (Å²) in [6.07, 6.45) is 0.490. The molecule has 2 rings (SSSR count). The lowest BCUT2D eigenvalue weighted by Gasteiger charge is -2.18. The normalized spacial score (nSPS) is 20.6. The minimum atomic E-state index is 0.0576. The summed E-state index contributed by atoms with van der Waals surface area (Å²) in [6, 6.07) is 3.58. The van der Waals surface area contributed by atoms with E-state index in [-0.39, 0.29) is 10.7 Å². The second-order valence-electron chi connectivity index (χ2n) is 3.50. The Morgan fingerprint density at radius 3 is 2.56 bits per heavy atom. The van der Waals surface area contributed by atoms with Crippen molar-refractivity contribution in [2.24, 2.45) is 0 Å². The molecule has 1 atom stereocenters. The van der Waals surface area contributed by atoms with Crippen molar-refractivity contribution in [3.05, 3.63) is 26.7 Å². The average Bonchev–Trinajstić information content (AvgIpc) is 2.55. The lowest BCUT2D eigenvalue weighted by molar-refractivity contribution is -0.117. The van der Waals surface area contributed by atoms with E-state index in [1.165, 1.54) is 0 Å². The van der Waals surface area contributed by atoms with Gasteiger partial charge in [-0.3, -0.25) is 4.79 Å². The fraction of sp³-hybridized carbons (Fsp3) is 0.300. The Morgan fingerprint density at radius 1 is 1.31 bits per heavy atom. The number of amides is 1. The zero-order chi connectivity index (χ0) is 11.9. The first-order valence-corrected chi connectivity index (χ1v) is 7.05. The molecule has 1 amide bonds. The number of benzene rings is 1. The molecule has 1 saturated heterocycles. The molecule has 0 bridgehead atoms. The van der Waals surface area contributed by atoms with Crippen LogP contribution in [0.25, 0.3) is 0 Å². The molecule has 2 nitrogen and oxygen atoms in total. The Kier molecular flexibility index (Phi) is 3.84. The Hall–Kier alpha value is 0.230. The van der Waals surface area contributed by atoms with E-state index in [1.54, 1.807) is 17.0 Å². The molecule has 0 N–H and O–H groups in total. The summed E-state index contributed by atoms with van der Waals surface area (Å²) in [4.78, 5) is 13.5. The van der Waals surface area contributed by atoms with Gasteiger partial charge in [0.2, 0.25) is 5.91 Å². The highest BCUT2D eigenvalue weighted by molar-refractivity contribution is 9.10. The van der Waals surface area contributed by atoms with Crippen LogP contribution >= 0.6 is 55.1 Å². The SMILES string of the molecule is O=C1CC(Br)CN1c1ccc(Br)c(Cl)c1Cl. The summed E-state index contributed by atoms with van der Waals surface area (Å²) in [5.41, 5.74) is 0.668. The fourth-order valence-electron chi connectivity index (χ4n) is 1.62. The zero-order valence-electron chi connectivity index (χ0n) is 8.01. The Labute approximate surface area is 120 Å². The number of alkyl halides is 1. The summed E-state index contributed by atoms with van der Waals surface area (Å²) in [6.45, 7) is 0.622. The van der Waals surface area contributed by atoms with Crippen molar-refractivity contribution in [2.75, 3.05) is 11.4 Å². The summed E-state index contributed by atoms with van der Waals surface area (Å²) in [5, 5.41) is 0.844. The molecule has 1 aliphatic heterocycles. The van der Waals surface area contributed by atoms with Crippen molar-refractivity contribution in [1.82, 2.24) is 0 Å². The van der Waals surface area contributed by atoms with Crippen molar-refractivity contribution in [3.8, 4) is 0 Å². The quantitative estimate of drug-likeness (QED) is 0.521. The van der Waals surface area contributed by atoms with Gasteiger partial charge in [-0.25, -0.2) is 0 Å². The number of carbonyl (C=O) groups is 1. The van der Waals surface area contributed by atoms with E-state index in [9.17, 15) is 4.79 Å². The maximum absolute atomic E-state index is 11.7. The maximum Gasteiger partial charge on any atom is 0.228 e. The molecule has 0 spiro atoms. The fourth-order valence-corrected chi connectivity index (χ4v) is 3.06. The molecule has 0 saturated carbocycles. The molecule has 1 fully saturated rings. The van der Waals surface area contributed by atoms with E-state index in [0.29, 0.717) is 28.7 Å². The van der Waals surface area contributed by atoms with E-state index in [2.05, 4.69) is 31.9 Å². The summed E-state index contributed by atoms with van der Waals surface area (Å²) >= 11 is 18.9. The largest absolute Gasteiger partial charge is 0.310 e. The van der Waals surface area contributed by atoms with Gasteiger partial charge < -0.3 is 4.90 Å². The number of rotatable bonds is 1. The van der Waals surface area contributed by atoms with E-state index in [1.807, 2.05) is 0 Å². The Morgan fingerprint density at radius 2 is 2.00 bits per heavy atom. The molecule has 0 aliphatic carbocycles. The van der Waals surface area contributed by atoms with E-state index < -0.39 is 0 Å². The molecule has 1 aliphatic rings. The van der Waals surface area contributed by atoms with Crippen LogP contribution in [-0.4, -0.2) is 17.3 Å². The monoisotopic (exact) mass is 385 g/mol. The van der Waals surface area contributed by atoms with Crippen LogP contribution in [0, 0.1) is 0 Å². The van der Waals surface area contributed by atoms with Crippen LogP contribution in [0.1, 0.15) is 6.42 Å². The van der Waals surface area contributed by atoms with Crippen molar-refractivity contribution in [1.29, 1.82) is 0 Å². The van der Waals surface area contributed by atoms with Gasteiger partial charge in [0, 0.05) is 22.3 Å².